The molecule has 9 heteroatoms. The molecule has 9 nitrogen and oxygen atoms in total. The molecular weight excluding hydrogens is 382 g/mol. The molecule has 1 aromatic rings. The lowest BCUT2D eigenvalue weighted by Crippen LogP contribution is -2.45. The molecule has 0 heterocycles. The SMILES string of the molecule is COc1ccc(C(C)(C)OC(=O)NC(CC(=O)OC(C)(C)C)C(=O)O)c(OC)c1. The zero-order chi connectivity index (χ0) is 22.4. The summed E-state index contributed by atoms with van der Waals surface area (Å²) in [4.78, 5) is 35.7. The Balaban J connectivity index is 2.89. The maximum absolute atomic E-state index is 12.3. The van der Waals surface area contributed by atoms with Crippen molar-refractivity contribution in [2.45, 2.75) is 58.3 Å². The van der Waals surface area contributed by atoms with E-state index in [1.807, 2.05) is 0 Å². The average Bonchev–Trinajstić information content (AvgIpc) is 2.58. The summed E-state index contributed by atoms with van der Waals surface area (Å²) in [6, 6.07) is 3.51. The molecule has 29 heavy (non-hydrogen) atoms. The first-order valence-corrected chi connectivity index (χ1v) is 8.95. The number of rotatable bonds is 8. The Labute approximate surface area is 170 Å². The van der Waals surface area contributed by atoms with Gasteiger partial charge in [-0.1, -0.05) is 0 Å². The van der Waals surface area contributed by atoms with Crippen LogP contribution in [0.4, 0.5) is 4.79 Å². The van der Waals surface area contributed by atoms with Gasteiger partial charge in [0, 0.05) is 11.6 Å². The molecule has 2 N–H and O–H groups in total. The van der Waals surface area contributed by atoms with Crippen molar-refractivity contribution in [3.63, 3.8) is 0 Å². The van der Waals surface area contributed by atoms with E-state index in [2.05, 4.69) is 5.32 Å². The molecule has 162 valence electrons. The maximum atomic E-state index is 12.3. The minimum absolute atomic E-state index is 0.436. The Morgan fingerprint density at radius 2 is 1.66 bits per heavy atom. The second-order valence-corrected chi connectivity index (χ2v) is 7.79. The molecule has 0 aliphatic carbocycles. The highest BCUT2D eigenvalue weighted by Crippen LogP contribution is 2.35. The van der Waals surface area contributed by atoms with Gasteiger partial charge in [-0.25, -0.2) is 9.59 Å². The average molecular weight is 411 g/mol. The van der Waals surface area contributed by atoms with Gasteiger partial charge in [-0.05, 0) is 46.8 Å². The highest BCUT2D eigenvalue weighted by Gasteiger charge is 2.32. The fourth-order valence-electron chi connectivity index (χ4n) is 2.50. The van der Waals surface area contributed by atoms with E-state index in [1.54, 1.807) is 52.8 Å². The number of nitrogens with one attached hydrogen (secondary N) is 1. The lowest BCUT2D eigenvalue weighted by Gasteiger charge is -2.28. The molecule has 0 aliphatic heterocycles. The Morgan fingerprint density at radius 3 is 2.14 bits per heavy atom. The van der Waals surface area contributed by atoms with Gasteiger partial charge >= 0.3 is 18.0 Å². The minimum Gasteiger partial charge on any atom is -0.497 e. The van der Waals surface area contributed by atoms with Crippen LogP contribution < -0.4 is 14.8 Å². The number of carboxylic acid groups (broad SMARTS) is 1. The Kier molecular flexibility index (Phi) is 7.87. The standard InChI is InChI=1S/C20H29NO8/c1-19(2,3)28-16(22)11-14(17(23)24)21-18(25)29-20(4,5)13-9-8-12(26-6)10-15(13)27-7/h8-10,14H,11H2,1-7H3,(H,21,25)(H,23,24). The molecule has 0 aromatic heterocycles. The largest absolute Gasteiger partial charge is 0.497 e. The van der Waals surface area contributed by atoms with Crippen molar-refractivity contribution in [3.8, 4) is 11.5 Å². The van der Waals surface area contributed by atoms with Crippen LogP contribution in [-0.2, 0) is 24.7 Å². The number of esters is 1. The van der Waals surface area contributed by atoms with E-state index in [1.165, 1.54) is 14.2 Å². The van der Waals surface area contributed by atoms with Gasteiger partial charge in [-0.15, -0.1) is 0 Å². The summed E-state index contributed by atoms with van der Waals surface area (Å²) in [6.07, 6.45) is -1.53. The normalized spacial score (nSPS) is 12.5. The van der Waals surface area contributed by atoms with Crippen molar-refractivity contribution in [1.82, 2.24) is 5.32 Å². The first kappa shape index (κ1) is 24.1. The third-order valence-electron chi connectivity index (χ3n) is 3.79. The molecular formula is C20H29NO8. The topological polar surface area (TPSA) is 120 Å². The predicted molar refractivity (Wildman–Crippen MR) is 104 cm³/mol. The number of aliphatic carboxylic acids is 1. The summed E-state index contributed by atoms with van der Waals surface area (Å²) in [5.41, 5.74) is -1.38. The highest BCUT2D eigenvalue weighted by molar-refractivity contribution is 5.85. The van der Waals surface area contributed by atoms with Crippen LogP contribution in [-0.4, -0.2) is 49.0 Å². The van der Waals surface area contributed by atoms with E-state index in [-0.39, 0.29) is 0 Å². The van der Waals surface area contributed by atoms with Crippen LogP contribution in [0.2, 0.25) is 0 Å². The third-order valence-corrected chi connectivity index (χ3v) is 3.79. The van der Waals surface area contributed by atoms with Crippen LogP contribution >= 0.6 is 0 Å². The van der Waals surface area contributed by atoms with E-state index in [9.17, 15) is 19.5 Å². The molecule has 0 spiro atoms. The van der Waals surface area contributed by atoms with Gasteiger partial charge in [0.15, 0.2) is 0 Å². The van der Waals surface area contributed by atoms with Crippen LogP contribution in [0.25, 0.3) is 0 Å². The maximum Gasteiger partial charge on any atom is 0.408 e. The fourth-order valence-corrected chi connectivity index (χ4v) is 2.50. The van der Waals surface area contributed by atoms with Crippen molar-refractivity contribution in [3.05, 3.63) is 23.8 Å². The van der Waals surface area contributed by atoms with Crippen LogP contribution in [0.3, 0.4) is 0 Å². The number of amides is 1. The second-order valence-electron chi connectivity index (χ2n) is 7.79. The predicted octanol–water partition coefficient (Wildman–Crippen LogP) is 2.85. The first-order valence-electron chi connectivity index (χ1n) is 8.95. The molecule has 1 aromatic carbocycles. The molecule has 1 amide bonds. The van der Waals surface area contributed by atoms with Crippen molar-refractivity contribution in [1.29, 1.82) is 0 Å². The summed E-state index contributed by atoms with van der Waals surface area (Å²) in [7, 11) is 2.98. The van der Waals surface area contributed by atoms with Crippen LogP contribution in [0, 0.1) is 0 Å². The first-order chi connectivity index (χ1) is 13.3. The second kappa shape index (κ2) is 9.49. The van der Waals surface area contributed by atoms with Gasteiger partial charge < -0.3 is 29.4 Å². The van der Waals surface area contributed by atoms with Crippen molar-refractivity contribution in [2.24, 2.45) is 0 Å². The van der Waals surface area contributed by atoms with Gasteiger partial charge in [0.2, 0.25) is 0 Å². The number of carboxylic acids is 1. The Hall–Kier alpha value is -2.97. The van der Waals surface area contributed by atoms with E-state index < -0.39 is 41.7 Å². The molecule has 0 fully saturated rings. The molecule has 1 rings (SSSR count). The number of ether oxygens (including phenoxy) is 4. The zero-order valence-electron chi connectivity index (χ0n) is 17.8. The lowest BCUT2D eigenvalue weighted by atomic mass is 9.97. The van der Waals surface area contributed by atoms with Crippen LogP contribution in [0.15, 0.2) is 18.2 Å². The molecule has 1 unspecified atom stereocenters. The molecule has 0 saturated carbocycles. The summed E-state index contributed by atoms with van der Waals surface area (Å²) < 4.78 is 21.0. The van der Waals surface area contributed by atoms with E-state index in [4.69, 9.17) is 18.9 Å². The van der Waals surface area contributed by atoms with Crippen LogP contribution in [0.5, 0.6) is 11.5 Å². The molecule has 1 atom stereocenters. The number of carbonyl (C=O) groups is 3. The van der Waals surface area contributed by atoms with Gasteiger partial charge in [0.25, 0.3) is 0 Å². The van der Waals surface area contributed by atoms with Crippen molar-refractivity contribution in [2.75, 3.05) is 14.2 Å². The minimum atomic E-state index is -1.49. The number of alkyl carbamates (subject to hydrolysis) is 1. The zero-order valence-corrected chi connectivity index (χ0v) is 17.8. The smallest absolute Gasteiger partial charge is 0.408 e. The number of methoxy groups -OCH3 is 2. The van der Waals surface area contributed by atoms with E-state index in [0.29, 0.717) is 17.1 Å². The van der Waals surface area contributed by atoms with Gasteiger partial charge in [-0.2, -0.15) is 0 Å². The number of hydrogen-bond acceptors (Lipinski definition) is 7. The summed E-state index contributed by atoms with van der Waals surface area (Å²) in [5, 5.41) is 11.5. The van der Waals surface area contributed by atoms with E-state index in [0.717, 1.165) is 0 Å². The Morgan fingerprint density at radius 1 is 1.03 bits per heavy atom. The Bertz CT molecular complexity index is 751. The fraction of sp³-hybridized carbons (Fsp3) is 0.550. The van der Waals surface area contributed by atoms with Crippen LogP contribution in [0.1, 0.15) is 46.6 Å². The number of hydrogen-bond donors (Lipinski definition) is 2. The third kappa shape index (κ3) is 7.52. The van der Waals surface area contributed by atoms with Gasteiger partial charge in [0.05, 0.1) is 20.6 Å². The molecule has 0 aliphatic rings. The molecule has 0 bridgehead atoms. The molecule has 0 saturated heterocycles. The van der Waals surface area contributed by atoms with E-state index >= 15 is 0 Å². The van der Waals surface area contributed by atoms with Gasteiger partial charge in [0.1, 0.15) is 28.7 Å². The molecule has 0 radical (unpaired) electrons. The number of carbonyl (C=O) groups excluding carboxylic acids is 2. The lowest BCUT2D eigenvalue weighted by molar-refractivity contribution is -0.158. The highest BCUT2D eigenvalue weighted by atomic mass is 16.6. The number of benzene rings is 1. The monoisotopic (exact) mass is 411 g/mol. The quantitative estimate of drug-likeness (QED) is 0.627. The van der Waals surface area contributed by atoms with Crippen molar-refractivity contribution >= 4 is 18.0 Å². The summed E-state index contributed by atoms with van der Waals surface area (Å²) in [5.74, 6) is -1.13. The van der Waals surface area contributed by atoms with Gasteiger partial charge in [-0.3, -0.25) is 4.79 Å². The summed E-state index contributed by atoms with van der Waals surface area (Å²) in [6.45, 7) is 8.23. The summed E-state index contributed by atoms with van der Waals surface area (Å²) >= 11 is 0. The van der Waals surface area contributed by atoms with Crippen molar-refractivity contribution < 1.29 is 38.4 Å².